The van der Waals surface area contributed by atoms with Gasteiger partial charge in [0.25, 0.3) is 5.78 Å². The smallest absolute Gasteiger partial charge is 0.301 e. The number of Topliss-reactive ketones (excluding diaryl/α,β-unsaturated/α-hetero) is 1. The number of rotatable bonds is 4. The number of benzene rings is 3. The van der Waals surface area contributed by atoms with Gasteiger partial charge in [-0.05, 0) is 55.0 Å². The van der Waals surface area contributed by atoms with Crippen molar-refractivity contribution in [3.8, 4) is 5.75 Å². The Balaban J connectivity index is 1.76. The van der Waals surface area contributed by atoms with E-state index in [2.05, 4.69) is 4.98 Å². The van der Waals surface area contributed by atoms with Crippen molar-refractivity contribution >= 4 is 55.7 Å². The Hall–Kier alpha value is -3.68. The van der Waals surface area contributed by atoms with Gasteiger partial charge < -0.3 is 9.84 Å². The van der Waals surface area contributed by atoms with Gasteiger partial charge in [0, 0.05) is 16.1 Å². The minimum Gasteiger partial charge on any atom is -0.507 e. The number of ether oxygens (including phenoxy) is 1. The maximum Gasteiger partial charge on any atom is 0.301 e. The number of hydrogen-bond donors (Lipinski definition) is 1. The summed E-state index contributed by atoms with van der Waals surface area (Å²) in [6.45, 7) is 1.98. The van der Waals surface area contributed by atoms with Crippen LogP contribution in [0.4, 0.5) is 5.13 Å². The summed E-state index contributed by atoms with van der Waals surface area (Å²) in [4.78, 5) is 32.7. The lowest BCUT2D eigenvalue weighted by Crippen LogP contribution is -2.29. The molecule has 1 saturated heterocycles. The number of aryl methyl sites for hydroxylation is 1. The number of aromatic nitrogens is 1. The number of aliphatic hydroxyl groups is 1. The highest BCUT2D eigenvalue weighted by Gasteiger charge is 2.49. The molecule has 1 aromatic heterocycles. The fraction of sp³-hybridized carbons (Fsp3) is 0.115. The molecule has 1 atom stereocenters. The van der Waals surface area contributed by atoms with Crippen molar-refractivity contribution in [2.45, 2.75) is 13.0 Å². The van der Waals surface area contributed by atoms with E-state index in [4.69, 9.17) is 16.3 Å². The lowest BCUT2D eigenvalue weighted by atomic mass is 9.95. The molecule has 3 aromatic carbocycles. The fourth-order valence-electron chi connectivity index (χ4n) is 4.10. The second kappa shape index (κ2) is 8.59. The predicted octanol–water partition coefficient (Wildman–Crippen LogP) is 5.89. The molecule has 0 spiro atoms. The maximum atomic E-state index is 13.4. The van der Waals surface area contributed by atoms with Crippen LogP contribution in [0, 0.1) is 6.92 Å². The van der Waals surface area contributed by atoms with Gasteiger partial charge in [-0.25, -0.2) is 4.98 Å². The second-order valence-corrected chi connectivity index (χ2v) is 9.33. The molecule has 8 heteroatoms. The van der Waals surface area contributed by atoms with E-state index in [1.165, 1.54) is 23.3 Å². The maximum absolute atomic E-state index is 13.4. The SMILES string of the molecule is COc1ccccc1C1C(=C(O)c2ccc(Cl)cc2)C(=O)C(=O)N1c1nc2ccc(C)cc2s1. The van der Waals surface area contributed by atoms with E-state index in [0.29, 0.717) is 27.0 Å². The first kappa shape index (κ1) is 22.1. The first-order valence-corrected chi connectivity index (χ1v) is 11.7. The zero-order valence-electron chi connectivity index (χ0n) is 18.3. The Bertz CT molecular complexity index is 1480. The van der Waals surface area contributed by atoms with E-state index in [1.807, 2.05) is 25.1 Å². The first-order chi connectivity index (χ1) is 16.4. The number of thiazole rings is 1. The molecule has 170 valence electrons. The summed E-state index contributed by atoms with van der Waals surface area (Å²) in [5, 5.41) is 12.1. The van der Waals surface area contributed by atoms with Crippen LogP contribution in [0.3, 0.4) is 0 Å². The standard InChI is InChI=1S/C26H19ClN2O4S/c1-14-7-12-18-20(13-14)34-26(28-18)29-22(17-5-3-4-6-19(17)33-2)21(24(31)25(29)32)23(30)15-8-10-16(27)11-9-15/h3-13,22,30H,1-2H3. The van der Waals surface area contributed by atoms with E-state index < -0.39 is 17.7 Å². The Morgan fingerprint density at radius 3 is 2.56 bits per heavy atom. The summed E-state index contributed by atoms with van der Waals surface area (Å²) in [5.74, 6) is -1.36. The molecule has 0 bridgehead atoms. The zero-order valence-corrected chi connectivity index (χ0v) is 19.9. The lowest BCUT2D eigenvalue weighted by molar-refractivity contribution is -0.132. The number of carbonyl (C=O) groups is 2. The van der Waals surface area contributed by atoms with Gasteiger partial charge >= 0.3 is 5.91 Å². The Morgan fingerprint density at radius 2 is 1.82 bits per heavy atom. The molecule has 0 aliphatic carbocycles. The van der Waals surface area contributed by atoms with Crippen LogP contribution >= 0.6 is 22.9 Å². The number of fused-ring (bicyclic) bond motifs is 1. The van der Waals surface area contributed by atoms with Gasteiger partial charge in [0.1, 0.15) is 17.6 Å². The molecule has 2 heterocycles. The van der Waals surface area contributed by atoms with Crippen molar-refractivity contribution in [2.24, 2.45) is 0 Å². The molecule has 0 radical (unpaired) electrons. The Morgan fingerprint density at radius 1 is 1.09 bits per heavy atom. The number of nitrogens with zero attached hydrogens (tertiary/aromatic N) is 2. The number of methoxy groups -OCH3 is 1. The third-order valence-electron chi connectivity index (χ3n) is 5.73. The number of amides is 1. The van der Waals surface area contributed by atoms with Gasteiger partial charge in [-0.15, -0.1) is 0 Å². The monoisotopic (exact) mass is 490 g/mol. The van der Waals surface area contributed by atoms with Crippen molar-refractivity contribution in [2.75, 3.05) is 12.0 Å². The number of carbonyl (C=O) groups excluding carboxylic acids is 2. The van der Waals surface area contributed by atoms with Crippen LogP contribution in [0.25, 0.3) is 16.0 Å². The Kier molecular flexibility index (Phi) is 5.59. The molecule has 1 aliphatic heterocycles. The lowest BCUT2D eigenvalue weighted by Gasteiger charge is -2.24. The van der Waals surface area contributed by atoms with Crippen LogP contribution < -0.4 is 9.64 Å². The predicted molar refractivity (Wildman–Crippen MR) is 134 cm³/mol. The first-order valence-electron chi connectivity index (χ1n) is 10.5. The highest BCUT2D eigenvalue weighted by molar-refractivity contribution is 7.22. The number of anilines is 1. The minimum atomic E-state index is -0.923. The van der Waals surface area contributed by atoms with Gasteiger partial charge in [-0.3, -0.25) is 14.5 Å². The number of ketones is 1. The molecule has 0 saturated carbocycles. The van der Waals surface area contributed by atoms with Gasteiger partial charge in [0.2, 0.25) is 0 Å². The average molecular weight is 491 g/mol. The summed E-state index contributed by atoms with van der Waals surface area (Å²) < 4.78 is 6.45. The highest BCUT2D eigenvalue weighted by atomic mass is 35.5. The second-order valence-electron chi connectivity index (χ2n) is 7.89. The van der Waals surface area contributed by atoms with E-state index >= 15 is 0 Å². The average Bonchev–Trinajstić information content (AvgIpc) is 3.36. The zero-order chi connectivity index (χ0) is 24.0. The van der Waals surface area contributed by atoms with E-state index in [-0.39, 0.29) is 11.3 Å². The molecule has 4 aromatic rings. The van der Waals surface area contributed by atoms with Gasteiger partial charge in [0.15, 0.2) is 5.13 Å². The topological polar surface area (TPSA) is 79.7 Å². The fourth-order valence-corrected chi connectivity index (χ4v) is 5.32. The van der Waals surface area contributed by atoms with Crippen LogP contribution in [0.1, 0.15) is 22.7 Å². The van der Waals surface area contributed by atoms with Crippen LogP contribution in [0.15, 0.2) is 72.3 Å². The number of aliphatic hydroxyl groups excluding tert-OH is 1. The van der Waals surface area contributed by atoms with Gasteiger partial charge in [-0.1, -0.05) is 47.2 Å². The summed E-state index contributed by atoms with van der Waals surface area (Å²) in [5.41, 5.74) is 2.70. The molecule has 6 nitrogen and oxygen atoms in total. The van der Waals surface area contributed by atoms with Crippen molar-refractivity contribution in [1.29, 1.82) is 0 Å². The molecular formula is C26H19ClN2O4S. The van der Waals surface area contributed by atoms with Crippen molar-refractivity contribution < 1.29 is 19.4 Å². The molecule has 5 rings (SSSR count). The van der Waals surface area contributed by atoms with Crippen LogP contribution in [-0.2, 0) is 9.59 Å². The molecule has 1 unspecified atom stereocenters. The van der Waals surface area contributed by atoms with E-state index in [9.17, 15) is 14.7 Å². The number of halogens is 1. The number of hydrogen-bond acceptors (Lipinski definition) is 6. The summed E-state index contributed by atoms with van der Waals surface area (Å²) >= 11 is 7.31. The van der Waals surface area contributed by atoms with Crippen LogP contribution in [0.5, 0.6) is 5.75 Å². The molecule has 1 N–H and O–H groups in total. The van der Waals surface area contributed by atoms with Gasteiger partial charge in [-0.2, -0.15) is 0 Å². The van der Waals surface area contributed by atoms with Crippen molar-refractivity contribution in [1.82, 2.24) is 4.98 Å². The third kappa shape index (κ3) is 3.63. The summed E-state index contributed by atoms with van der Waals surface area (Å²) in [7, 11) is 1.52. The summed E-state index contributed by atoms with van der Waals surface area (Å²) in [6, 6.07) is 18.4. The van der Waals surface area contributed by atoms with Crippen LogP contribution in [-0.4, -0.2) is 28.9 Å². The molecule has 1 amide bonds. The molecule has 1 fully saturated rings. The quantitative estimate of drug-likeness (QED) is 0.219. The minimum absolute atomic E-state index is 0.0349. The summed E-state index contributed by atoms with van der Waals surface area (Å²) in [6.07, 6.45) is 0. The third-order valence-corrected chi connectivity index (χ3v) is 7.00. The largest absolute Gasteiger partial charge is 0.507 e. The highest BCUT2D eigenvalue weighted by Crippen LogP contribution is 2.46. The molecule has 34 heavy (non-hydrogen) atoms. The number of para-hydroxylation sites is 1. The molecule has 1 aliphatic rings. The van der Waals surface area contributed by atoms with Gasteiger partial charge in [0.05, 0.1) is 22.9 Å². The normalized spacial score (nSPS) is 17.5. The van der Waals surface area contributed by atoms with Crippen molar-refractivity contribution in [3.05, 3.63) is 94.0 Å². The van der Waals surface area contributed by atoms with E-state index in [1.54, 1.807) is 48.5 Å². The van der Waals surface area contributed by atoms with Crippen LogP contribution in [0.2, 0.25) is 5.02 Å². The van der Waals surface area contributed by atoms with E-state index in [0.717, 1.165) is 15.8 Å². The molecular weight excluding hydrogens is 472 g/mol. The van der Waals surface area contributed by atoms with Crippen molar-refractivity contribution in [3.63, 3.8) is 0 Å². The Labute approximate surface area is 204 Å².